The minimum atomic E-state index is 0.423. The van der Waals surface area contributed by atoms with E-state index in [1.807, 2.05) is 0 Å². The van der Waals surface area contributed by atoms with E-state index in [9.17, 15) is 0 Å². The van der Waals surface area contributed by atoms with Gasteiger partial charge in [0.1, 0.15) is 0 Å². The van der Waals surface area contributed by atoms with E-state index >= 15 is 0 Å². The van der Waals surface area contributed by atoms with Crippen LogP contribution in [0.2, 0.25) is 0 Å². The molecule has 0 aromatic rings. The summed E-state index contributed by atoms with van der Waals surface area (Å²) in [5.41, 5.74) is 0. The van der Waals surface area contributed by atoms with Gasteiger partial charge in [-0.15, -0.1) is 0 Å². The Kier molecular flexibility index (Phi) is 7.08. The second-order valence-electron chi connectivity index (χ2n) is 6.99. The highest BCUT2D eigenvalue weighted by Gasteiger charge is 2.28. The van der Waals surface area contributed by atoms with Gasteiger partial charge in [-0.25, -0.2) is 0 Å². The fourth-order valence-electron chi connectivity index (χ4n) is 2.93. The molecule has 1 aliphatic rings. The summed E-state index contributed by atoms with van der Waals surface area (Å²) in [6.07, 6.45) is 6.91. The summed E-state index contributed by atoms with van der Waals surface area (Å²) in [5.74, 6) is 3.18. The molecular formula is C16H33NS. The largest absolute Gasteiger partial charge is 0.314 e. The lowest BCUT2D eigenvalue weighted by Crippen LogP contribution is -2.41. The van der Waals surface area contributed by atoms with E-state index in [2.05, 4.69) is 51.7 Å². The highest BCUT2D eigenvalue weighted by molar-refractivity contribution is 8.00. The second-order valence-corrected chi connectivity index (χ2v) is 8.91. The molecule has 108 valence electrons. The Balaban J connectivity index is 2.36. The second kappa shape index (κ2) is 7.79. The molecule has 0 heterocycles. The van der Waals surface area contributed by atoms with Crippen molar-refractivity contribution in [2.75, 3.05) is 12.3 Å². The van der Waals surface area contributed by atoms with Crippen LogP contribution in [0.4, 0.5) is 0 Å². The van der Waals surface area contributed by atoms with E-state index < -0.39 is 0 Å². The van der Waals surface area contributed by atoms with Gasteiger partial charge in [0.15, 0.2) is 0 Å². The van der Waals surface area contributed by atoms with Gasteiger partial charge >= 0.3 is 0 Å². The Bertz CT molecular complexity index is 220. The van der Waals surface area contributed by atoms with Crippen molar-refractivity contribution in [3.8, 4) is 0 Å². The van der Waals surface area contributed by atoms with Gasteiger partial charge in [-0.1, -0.05) is 34.6 Å². The predicted octanol–water partition coefficient (Wildman–Crippen LogP) is 4.71. The molecule has 0 bridgehead atoms. The van der Waals surface area contributed by atoms with Crippen LogP contribution in [0.25, 0.3) is 0 Å². The minimum Gasteiger partial charge on any atom is -0.314 e. The molecule has 1 fully saturated rings. The van der Waals surface area contributed by atoms with Crippen molar-refractivity contribution < 1.29 is 0 Å². The normalized spacial score (nSPS) is 29.5. The zero-order chi connectivity index (χ0) is 13.6. The van der Waals surface area contributed by atoms with E-state index in [0.717, 1.165) is 17.9 Å². The average Bonchev–Trinajstić information content (AvgIpc) is 2.26. The van der Waals surface area contributed by atoms with Crippen molar-refractivity contribution >= 4 is 11.8 Å². The molecule has 0 aromatic carbocycles. The quantitative estimate of drug-likeness (QED) is 0.750. The maximum atomic E-state index is 3.78. The Morgan fingerprint density at radius 3 is 2.56 bits per heavy atom. The Hall–Kier alpha value is 0.310. The van der Waals surface area contributed by atoms with Crippen molar-refractivity contribution in [2.24, 2.45) is 11.8 Å². The molecule has 0 radical (unpaired) electrons. The van der Waals surface area contributed by atoms with Gasteiger partial charge in [0.05, 0.1) is 0 Å². The molecule has 0 amide bonds. The monoisotopic (exact) mass is 271 g/mol. The Morgan fingerprint density at radius 1 is 1.22 bits per heavy atom. The van der Waals surface area contributed by atoms with E-state index in [1.54, 1.807) is 0 Å². The smallest absolute Gasteiger partial charge is 0.00958 e. The van der Waals surface area contributed by atoms with Crippen LogP contribution < -0.4 is 5.32 Å². The van der Waals surface area contributed by atoms with Gasteiger partial charge in [-0.05, 0) is 56.2 Å². The standard InChI is InChI=1S/C16H33NS/c1-6-10-17-15-8-7-13(2)12-14(15)9-11-18-16(3,4)5/h13-15,17H,6-12H2,1-5H3. The number of rotatable bonds is 6. The molecule has 1 N–H and O–H groups in total. The summed E-state index contributed by atoms with van der Waals surface area (Å²) < 4.78 is 0.423. The molecule has 2 heteroatoms. The maximum Gasteiger partial charge on any atom is 0.00958 e. The minimum absolute atomic E-state index is 0.423. The van der Waals surface area contributed by atoms with Gasteiger partial charge in [0.2, 0.25) is 0 Å². The summed E-state index contributed by atoms with van der Waals surface area (Å²) >= 11 is 2.13. The molecule has 1 nitrogen and oxygen atoms in total. The molecule has 3 unspecified atom stereocenters. The van der Waals surface area contributed by atoms with Crippen LogP contribution in [-0.2, 0) is 0 Å². The first-order valence-corrected chi connectivity index (χ1v) is 8.78. The number of thioether (sulfide) groups is 1. The van der Waals surface area contributed by atoms with E-state index in [-0.39, 0.29) is 0 Å². The molecule has 0 spiro atoms. The van der Waals surface area contributed by atoms with Crippen molar-refractivity contribution in [1.82, 2.24) is 5.32 Å². The van der Waals surface area contributed by atoms with Crippen LogP contribution in [0.3, 0.4) is 0 Å². The summed E-state index contributed by atoms with van der Waals surface area (Å²) in [7, 11) is 0. The van der Waals surface area contributed by atoms with Crippen molar-refractivity contribution in [2.45, 2.75) is 77.5 Å². The predicted molar refractivity (Wildman–Crippen MR) is 85.4 cm³/mol. The third-order valence-electron chi connectivity index (χ3n) is 3.92. The molecule has 0 saturated heterocycles. The van der Waals surface area contributed by atoms with Gasteiger partial charge < -0.3 is 5.32 Å². The zero-order valence-corrected chi connectivity index (χ0v) is 13.9. The third kappa shape index (κ3) is 6.47. The fourth-order valence-corrected chi connectivity index (χ4v) is 3.97. The Labute approximate surface area is 119 Å². The number of hydrogen-bond acceptors (Lipinski definition) is 2. The number of nitrogens with one attached hydrogen (secondary N) is 1. The van der Waals surface area contributed by atoms with Gasteiger partial charge in [-0.3, -0.25) is 0 Å². The summed E-state index contributed by atoms with van der Waals surface area (Å²) in [4.78, 5) is 0. The molecule has 3 atom stereocenters. The lowest BCUT2D eigenvalue weighted by molar-refractivity contribution is 0.209. The van der Waals surface area contributed by atoms with E-state index in [0.29, 0.717) is 4.75 Å². The van der Waals surface area contributed by atoms with Crippen LogP contribution in [0.1, 0.15) is 66.7 Å². The maximum absolute atomic E-state index is 3.78. The fraction of sp³-hybridized carbons (Fsp3) is 1.00. The van der Waals surface area contributed by atoms with Crippen molar-refractivity contribution in [1.29, 1.82) is 0 Å². The third-order valence-corrected chi connectivity index (χ3v) is 5.23. The molecule has 0 aliphatic heterocycles. The van der Waals surface area contributed by atoms with E-state index in [1.165, 1.54) is 44.4 Å². The van der Waals surface area contributed by atoms with Crippen LogP contribution in [-0.4, -0.2) is 23.1 Å². The van der Waals surface area contributed by atoms with Gasteiger partial charge in [0.25, 0.3) is 0 Å². The highest BCUT2D eigenvalue weighted by Crippen LogP contribution is 2.33. The van der Waals surface area contributed by atoms with Crippen molar-refractivity contribution in [3.05, 3.63) is 0 Å². The summed E-state index contributed by atoms with van der Waals surface area (Å²) in [6.45, 7) is 12.9. The molecule has 1 saturated carbocycles. The topological polar surface area (TPSA) is 12.0 Å². The number of hydrogen-bond donors (Lipinski definition) is 1. The van der Waals surface area contributed by atoms with Gasteiger partial charge in [-0.2, -0.15) is 11.8 Å². The molecule has 1 rings (SSSR count). The molecule has 0 aromatic heterocycles. The average molecular weight is 272 g/mol. The Morgan fingerprint density at radius 2 is 1.94 bits per heavy atom. The highest BCUT2D eigenvalue weighted by atomic mass is 32.2. The first-order valence-electron chi connectivity index (χ1n) is 7.79. The first kappa shape index (κ1) is 16.4. The van der Waals surface area contributed by atoms with Gasteiger partial charge in [0, 0.05) is 10.8 Å². The molecule has 18 heavy (non-hydrogen) atoms. The van der Waals surface area contributed by atoms with Crippen molar-refractivity contribution in [3.63, 3.8) is 0 Å². The molecule has 1 aliphatic carbocycles. The summed E-state index contributed by atoms with van der Waals surface area (Å²) in [6, 6.07) is 0.793. The van der Waals surface area contributed by atoms with Crippen LogP contribution >= 0.6 is 11.8 Å². The van der Waals surface area contributed by atoms with Crippen LogP contribution in [0, 0.1) is 11.8 Å². The van der Waals surface area contributed by atoms with Crippen LogP contribution in [0.5, 0.6) is 0 Å². The van der Waals surface area contributed by atoms with E-state index in [4.69, 9.17) is 0 Å². The lowest BCUT2D eigenvalue weighted by atomic mass is 9.77. The lowest BCUT2D eigenvalue weighted by Gasteiger charge is -2.36. The zero-order valence-electron chi connectivity index (χ0n) is 13.1. The molecular weight excluding hydrogens is 238 g/mol. The van der Waals surface area contributed by atoms with Crippen LogP contribution in [0.15, 0.2) is 0 Å². The first-order chi connectivity index (χ1) is 8.42. The SMILES string of the molecule is CCCNC1CCC(C)CC1CCSC(C)(C)C. The summed E-state index contributed by atoms with van der Waals surface area (Å²) in [5, 5.41) is 3.78.